The maximum atomic E-state index is 11.4. The number of aryl methyl sites for hydroxylation is 1. The molecular weight excluding hydrogens is 336 g/mol. The zero-order chi connectivity index (χ0) is 17.2. The van der Waals surface area contributed by atoms with Gasteiger partial charge in [-0.05, 0) is 19.3 Å². The number of carbonyl (C=O) groups excluding carboxylic acids is 2. The monoisotopic (exact) mass is 360 g/mol. The smallest absolute Gasteiger partial charge is 0.306 e. The highest BCUT2D eigenvalue weighted by molar-refractivity contribution is 5.85. The highest BCUT2D eigenvalue weighted by atomic mass is 35.5. The van der Waals surface area contributed by atoms with Crippen molar-refractivity contribution in [2.24, 2.45) is 5.73 Å². The molecule has 24 heavy (non-hydrogen) atoms. The summed E-state index contributed by atoms with van der Waals surface area (Å²) in [6, 6.07) is 1.34. The molecule has 0 spiro atoms. The number of ether oxygens (including phenoxy) is 1. The zero-order valence-corrected chi connectivity index (χ0v) is 14.6. The molecule has 0 radical (unpaired) electrons. The first kappa shape index (κ1) is 22.1. The van der Waals surface area contributed by atoms with Gasteiger partial charge in [0, 0.05) is 25.2 Å². The average molecular weight is 361 g/mol. The van der Waals surface area contributed by atoms with Gasteiger partial charge in [-0.1, -0.05) is 6.92 Å². The Hall–Kier alpha value is -1.86. The first-order valence-electron chi connectivity index (χ1n) is 7.78. The summed E-state index contributed by atoms with van der Waals surface area (Å²) in [5, 5.41) is 9.74. The standard InChI is InChI=1S/C16H24N2O5.ClH/c1-2-13-16(22)14(20)7-9-18(13)8-3-4-10-23-15(21)6-5-12(19)11-17;/h7,9,22H,2-6,8,10-11,17H2,1H3;1H. The van der Waals surface area contributed by atoms with E-state index in [0.29, 0.717) is 25.1 Å². The minimum atomic E-state index is -0.401. The number of hydrogen-bond donors (Lipinski definition) is 2. The fourth-order valence-electron chi connectivity index (χ4n) is 2.17. The van der Waals surface area contributed by atoms with Crippen LogP contribution in [0.25, 0.3) is 0 Å². The molecule has 0 aliphatic carbocycles. The van der Waals surface area contributed by atoms with Crippen LogP contribution in [0.15, 0.2) is 17.1 Å². The molecule has 0 aliphatic rings. The van der Waals surface area contributed by atoms with E-state index in [-0.39, 0.29) is 55.4 Å². The van der Waals surface area contributed by atoms with Gasteiger partial charge < -0.3 is 20.1 Å². The van der Waals surface area contributed by atoms with Crippen LogP contribution in [0.1, 0.15) is 38.3 Å². The van der Waals surface area contributed by atoms with E-state index in [4.69, 9.17) is 10.5 Å². The van der Waals surface area contributed by atoms with Crippen LogP contribution in [-0.2, 0) is 27.3 Å². The second kappa shape index (κ2) is 11.6. The molecule has 0 atom stereocenters. The number of esters is 1. The Kier molecular flexibility index (Phi) is 10.7. The predicted octanol–water partition coefficient (Wildman–Crippen LogP) is 1.17. The molecule has 1 rings (SSSR count). The molecule has 0 saturated carbocycles. The van der Waals surface area contributed by atoms with Crippen LogP contribution in [-0.4, -0.2) is 34.6 Å². The summed E-state index contributed by atoms with van der Waals surface area (Å²) in [4.78, 5) is 33.8. The molecule has 0 aliphatic heterocycles. The predicted molar refractivity (Wildman–Crippen MR) is 92.5 cm³/mol. The van der Waals surface area contributed by atoms with Crippen molar-refractivity contribution in [1.29, 1.82) is 0 Å². The van der Waals surface area contributed by atoms with Crippen molar-refractivity contribution >= 4 is 24.2 Å². The number of Topliss-reactive ketones (excluding diaryl/α,β-unsaturated/α-hetero) is 1. The largest absolute Gasteiger partial charge is 0.503 e. The third kappa shape index (κ3) is 7.14. The Labute approximate surface area is 147 Å². The lowest BCUT2D eigenvalue weighted by atomic mass is 10.2. The number of carbonyl (C=O) groups is 2. The summed E-state index contributed by atoms with van der Waals surface area (Å²) in [6.45, 7) is 2.72. The van der Waals surface area contributed by atoms with Crippen LogP contribution in [0.2, 0.25) is 0 Å². The molecule has 3 N–H and O–H groups in total. The Balaban J connectivity index is 0.00000529. The molecule has 0 bridgehead atoms. The van der Waals surface area contributed by atoms with Crippen molar-refractivity contribution in [2.45, 2.75) is 45.6 Å². The Morgan fingerprint density at radius 1 is 1.29 bits per heavy atom. The highest BCUT2D eigenvalue weighted by Crippen LogP contribution is 2.12. The van der Waals surface area contributed by atoms with Crippen LogP contribution in [0.4, 0.5) is 0 Å². The lowest BCUT2D eigenvalue weighted by molar-refractivity contribution is -0.144. The van der Waals surface area contributed by atoms with Gasteiger partial charge in [-0.3, -0.25) is 14.4 Å². The molecule has 1 heterocycles. The van der Waals surface area contributed by atoms with Gasteiger partial charge in [0.15, 0.2) is 5.75 Å². The topological polar surface area (TPSA) is 112 Å². The number of ketones is 1. The number of nitrogens with zero attached hydrogens (tertiary/aromatic N) is 1. The van der Waals surface area contributed by atoms with Gasteiger partial charge in [0.1, 0.15) is 5.78 Å². The average Bonchev–Trinajstić information content (AvgIpc) is 2.55. The van der Waals surface area contributed by atoms with Crippen molar-refractivity contribution in [3.05, 3.63) is 28.2 Å². The number of hydrogen-bond acceptors (Lipinski definition) is 6. The molecule has 0 unspecified atom stereocenters. The van der Waals surface area contributed by atoms with E-state index in [9.17, 15) is 19.5 Å². The van der Waals surface area contributed by atoms with Crippen LogP contribution < -0.4 is 11.2 Å². The third-order valence-electron chi connectivity index (χ3n) is 3.49. The van der Waals surface area contributed by atoms with Gasteiger partial charge in [-0.25, -0.2) is 0 Å². The molecule has 136 valence electrons. The van der Waals surface area contributed by atoms with Gasteiger partial charge in [0.05, 0.1) is 25.3 Å². The molecule has 7 nitrogen and oxygen atoms in total. The van der Waals surface area contributed by atoms with E-state index in [2.05, 4.69) is 0 Å². The van der Waals surface area contributed by atoms with E-state index >= 15 is 0 Å². The second-order valence-electron chi connectivity index (χ2n) is 5.19. The fourth-order valence-corrected chi connectivity index (χ4v) is 2.17. The van der Waals surface area contributed by atoms with Crippen molar-refractivity contribution in [1.82, 2.24) is 4.57 Å². The normalized spacial score (nSPS) is 10.1. The van der Waals surface area contributed by atoms with Gasteiger partial charge in [0.25, 0.3) is 0 Å². The summed E-state index contributed by atoms with van der Waals surface area (Å²) in [6.07, 6.45) is 3.80. The van der Waals surface area contributed by atoms with Crippen molar-refractivity contribution < 1.29 is 19.4 Å². The summed E-state index contributed by atoms with van der Waals surface area (Å²) in [7, 11) is 0. The Morgan fingerprint density at radius 3 is 2.62 bits per heavy atom. The third-order valence-corrected chi connectivity index (χ3v) is 3.49. The molecule has 1 aromatic rings. The summed E-state index contributed by atoms with van der Waals surface area (Å²) in [5.41, 5.74) is 5.39. The number of aromatic hydroxyl groups is 1. The first-order chi connectivity index (χ1) is 11.0. The van der Waals surface area contributed by atoms with E-state index in [1.807, 2.05) is 11.5 Å². The molecule has 0 saturated heterocycles. The quantitative estimate of drug-likeness (QED) is 0.478. The van der Waals surface area contributed by atoms with E-state index in [1.54, 1.807) is 6.20 Å². The second-order valence-corrected chi connectivity index (χ2v) is 5.19. The Morgan fingerprint density at radius 2 is 2.00 bits per heavy atom. The minimum absolute atomic E-state index is 0. The summed E-state index contributed by atoms with van der Waals surface area (Å²) in [5.74, 6) is -0.764. The molecular formula is C16H25ClN2O5. The van der Waals surface area contributed by atoms with Crippen molar-refractivity contribution in [2.75, 3.05) is 13.2 Å². The molecule has 0 aromatic carbocycles. The van der Waals surface area contributed by atoms with Crippen LogP contribution >= 0.6 is 12.4 Å². The first-order valence-corrected chi connectivity index (χ1v) is 7.78. The van der Waals surface area contributed by atoms with Crippen LogP contribution in [0.5, 0.6) is 5.75 Å². The fraction of sp³-hybridized carbons (Fsp3) is 0.562. The maximum Gasteiger partial charge on any atom is 0.306 e. The lowest BCUT2D eigenvalue weighted by Crippen LogP contribution is -2.16. The van der Waals surface area contributed by atoms with Crippen molar-refractivity contribution in [3.63, 3.8) is 0 Å². The zero-order valence-electron chi connectivity index (χ0n) is 13.8. The van der Waals surface area contributed by atoms with Gasteiger partial charge in [-0.2, -0.15) is 0 Å². The molecule has 8 heteroatoms. The maximum absolute atomic E-state index is 11.4. The van der Waals surface area contributed by atoms with E-state index in [1.165, 1.54) is 6.07 Å². The molecule has 0 fully saturated rings. The summed E-state index contributed by atoms with van der Waals surface area (Å²) >= 11 is 0. The number of pyridine rings is 1. The van der Waals surface area contributed by atoms with Gasteiger partial charge in [0.2, 0.25) is 5.43 Å². The number of rotatable bonds is 10. The summed E-state index contributed by atoms with van der Waals surface area (Å²) < 4.78 is 6.87. The lowest BCUT2D eigenvalue weighted by Gasteiger charge is -2.13. The van der Waals surface area contributed by atoms with Crippen molar-refractivity contribution in [3.8, 4) is 5.75 Å². The number of unbranched alkanes of at least 4 members (excludes halogenated alkanes) is 1. The number of aromatic nitrogens is 1. The molecule has 1 aromatic heterocycles. The number of nitrogens with two attached hydrogens (primary N) is 1. The van der Waals surface area contributed by atoms with Crippen LogP contribution in [0, 0.1) is 0 Å². The SMILES string of the molecule is CCc1c(O)c(=O)ccn1CCCCOC(=O)CCC(=O)CN.Cl. The van der Waals surface area contributed by atoms with E-state index < -0.39 is 5.97 Å². The van der Waals surface area contributed by atoms with Gasteiger partial charge in [-0.15, -0.1) is 12.4 Å². The number of halogens is 1. The highest BCUT2D eigenvalue weighted by Gasteiger charge is 2.08. The Bertz CT molecular complexity index is 601. The minimum Gasteiger partial charge on any atom is -0.503 e. The van der Waals surface area contributed by atoms with Gasteiger partial charge >= 0.3 is 5.97 Å². The van der Waals surface area contributed by atoms with Crippen LogP contribution in [0.3, 0.4) is 0 Å². The molecule has 0 amide bonds. The van der Waals surface area contributed by atoms with E-state index in [0.717, 1.165) is 6.42 Å².